The number of piperidine rings is 1. The van der Waals surface area contributed by atoms with Gasteiger partial charge in [0.1, 0.15) is 0 Å². The molecule has 2 nitrogen and oxygen atoms in total. The first-order valence-corrected chi connectivity index (χ1v) is 6.02. The van der Waals surface area contributed by atoms with Gasteiger partial charge in [-0.15, -0.1) is 0 Å². The molecule has 0 amide bonds. The molecule has 0 aromatic carbocycles. The molecule has 2 atom stereocenters. The monoisotopic (exact) mass is 197 g/mol. The molecule has 0 spiro atoms. The van der Waals surface area contributed by atoms with Crippen LogP contribution >= 0.6 is 0 Å². The SMILES string of the molecule is CC1(C)CCC(OC2CCCNC2)C1. The van der Waals surface area contributed by atoms with E-state index in [9.17, 15) is 0 Å². The van der Waals surface area contributed by atoms with Crippen molar-refractivity contribution in [2.24, 2.45) is 5.41 Å². The zero-order valence-corrected chi connectivity index (χ0v) is 9.51. The number of ether oxygens (including phenoxy) is 1. The van der Waals surface area contributed by atoms with Crippen molar-refractivity contribution in [2.75, 3.05) is 13.1 Å². The van der Waals surface area contributed by atoms with Gasteiger partial charge in [-0.1, -0.05) is 13.8 Å². The maximum Gasteiger partial charge on any atom is 0.0703 e. The van der Waals surface area contributed by atoms with Gasteiger partial charge in [-0.3, -0.25) is 0 Å². The van der Waals surface area contributed by atoms with Gasteiger partial charge >= 0.3 is 0 Å². The smallest absolute Gasteiger partial charge is 0.0703 e. The molecule has 1 aliphatic carbocycles. The van der Waals surface area contributed by atoms with Gasteiger partial charge in [-0.25, -0.2) is 0 Å². The average Bonchev–Trinajstić information content (AvgIpc) is 2.47. The molecule has 0 bridgehead atoms. The molecule has 2 rings (SSSR count). The third kappa shape index (κ3) is 2.71. The van der Waals surface area contributed by atoms with Gasteiger partial charge in [0.05, 0.1) is 12.2 Å². The molecule has 2 aliphatic rings. The van der Waals surface area contributed by atoms with E-state index >= 15 is 0 Å². The Hall–Kier alpha value is -0.0800. The molecular formula is C12H23NO. The summed E-state index contributed by atoms with van der Waals surface area (Å²) in [5.41, 5.74) is 0.521. The van der Waals surface area contributed by atoms with Crippen LogP contribution < -0.4 is 5.32 Å². The molecule has 14 heavy (non-hydrogen) atoms. The average molecular weight is 197 g/mol. The fraction of sp³-hybridized carbons (Fsp3) is 1.00. The minimum absolute atomic E-state index is 0.489. The van der Waals surface area contributed by atoms with Gasteiger partial charge in [-0.05, 0) is 44.1 Å². The van der Waals surface area contributed by atoms with Crippen LogP contribution in [0.3, 0.4) is 0 Å². The van der Waals surface area contributed by atoms with Crippen LogP contribution in [0.2, 0.25) is 0 Å². The largest absolute Gasteiger partial charge is 0.374 e. The molecule has 0 aromatic rings. The van der Waals surface area contributed by atoms with E-state index in [1.165, 1.54) is 38.6 Å². The van der Waals surface area contributed by atoms with E-state index in [0.717, 1.165) is 6.54 Å². The molecule has 1 heterocycles. The third-order valence-corrected chi connectivity index (χ3v) is 3.56. The Morgan fingerprint density at radius 3 is 2.64 bits per heavy atom. The summed E-state index contributed by atoms with van der Waals surface area (Å²) in [6, 6.07) is 0. The lowest BCUT2D eigenvalue weighted by atomic mass is 9.92. The van der Waals surface area contributed by atoms with Crippen LogP contribution in [0, 0.1) is 5.41 Å². The van der Waals surface area contributed by atoms with E-state index < -0.39 is 0 Å². The maximum absolute atomic E-state index is 6.13. The van der Waals surface area contributed by atoms with Crippen molar-refractivity contribution in [2.45, 2.75) is 58.2 Å². The van der Waals surface area contributed by atoms with Crippen molar-refractivity contribution in [1.29, 1.82) is 0 Å². The summed E-state index contributed by atoms with van der Waals surface area (Å²) in [7, 11) is 0. The Labute approximate surface area is 87.4 Å². The lowest BCUT2D eigenvalue weighted by Gasteiger charge is -2.27. The highest BCUT2D eigenvalue weighted by atomic mass is 16.5. The number of hydrogen-bond donors (Lipinski definition) is 1. The summed E-state index contributed by atoms with van der Waals surface area (Å²) in [5.74, 6) is 0. The van der Waals surface area contributed by atoms with Gasteiger partial charge in [-0.2, -0.15) is 0 Å². The lowest BCUT2D eigenvalue weighted by Crippen LogP contribution is -2.37. The zero-order chi connectivity index (χ0) is 10.0. The third-order valence-electron chi connectivity index (χ3n) is 3.56. The summed E-state index contributed by atoms with van der Waals surface area (Å²) in [4.78, 5) is 0. The van der Waals surface area contributed by atoms with Gasteiger partial charge in [0.15, 0.2) is 0 Å². The predicted molar refractivity (Wildman–Crippen MR) is 58.4 cm³/mol. The normalized spacial score (nSPS) is 37.3. The van der Waals surface area contributed by atoms with E-state index in [1.807, 2.05) is 0 Å². The van der Waals surface area contributed by atoms with Crippen molar-refractivity contribution in [3.63, 3.8) is 0 Å². The van der Waals surface area contributed by atoms with Crippen LogP contribution in [0.5, 0.6) is 0 Å². The standard InChI is InChI=1S/C12H23NO/c1-12(2)6-5-10(8-12)14-11-4-3-7-13-9-11/h10-11,13H,3-9H2,1-2H3. The van der Waals surface area contributed by atoms with Crippen LogP contribution in [0.15, 0.2) is 0 Å². The quantitative estimate of drug-likeness (QED) is 0.733. The first-order chi connectivity index (χ1) is 6.66. The van der Waals surface area contributed by atoms with Crippen molar-refractivity contribution >= 4 is 0 Å². The minimum Gasteiger partial charge on any atom is -0.374 e. The topological polar surface area (TPSA) is 21.3 Å². The van der Waals surface area contributed by atoms with Gasteiger partial charge in [0, 0.05) is 6.54 Å². The van der Waals surface area contributed by atoms with Crippen molar-refractivity contribution < 1.29 is 4.74 Å². The Balaban J connectivity index is 1.75. The molecule has 2 unspecified atom stereocenters. The first kappa shape index (κ1) is 10.4. The second-order valence-electron chi connectivity index (χ2n) is 5.63. The minimum atomic E-state index is 0.489. The second kappa shape index (κ2) is 4.19. The van der Waals surface area contributed by atoms with Crippen LogP contribution in [-0.4, -0.2) is 25.3 Å². The number of rotatable bonds is 2. The van der Waals surface area contributed by atoms with Crippen LogP contribution in [0.4, 0.5) is 0 Å². The fourth-order valence-electron chi connectivity index (χ4n) is 2.70. The van der Waals surface area contributed by atoms with Crippen molar-refractivity contribution in [3.05, 3.63) is 0 Å². The van der Waals surface area contributed by atoms with Gasteiger partial charge in [0.25, 0.3) is 0 Å². The predicted octanol–water partition coefficient (Wildman–Crippen LogP) is 2.33. The molecule has 2 heteroatoms. The van der Waals surface area contributed by atoms with Crippen LogP contribution in [-0.2, 0) is 4.74 Å². The lowest BCUT2D eigenvalue weighted by molar-refractivity contribution is -0.0230. The van der Waals surface area contributed by atoms with E-state index in [2.05, 4.69) is 19.2 Å². The van der Waals surface area contributed by atoms with Crippen molar-refractivity contribution in [1.82, 2.24) is 5.32 Å². The molecule has 0 radical (unpaired) electrons. The van der Waals surface area contributed by atoms with E-state index in [0.29, 0.717) is 17.6 Å². The summed E-state index contributed by atoms with van der Waals surface area (Å²) in [5, 5.41) is 3.40. The fourth-order valence-corrected chi connectivity index (χ4v) is 2.70. The molecule has 1 N–H and O–H groups in total. The molecule has 1 saturated heterocycles. The van der Waals surface area contributed by atoms with Gasteiger partial charge in [0.2, 0.25) is 0 Å². The molecule has 82 valence electrons. The summed E-state index contributed by atoms with van der Waals surface area (Å²) in [6.45, 7) is 6.96. The van der Waals surface area contributed by atoms with E-state index in [-0.39, 0.29) is 0 Å². The van der Waals surface area contributed by atoms with Gasteiger partial charge < -0.3 is 10.1 Å². The second-order valence-corrected chi connectivity index (χ2v) is 5.63. The Bertz CT molecular complexity index is 185. The summed E-state index contributed by atoms with van der Waals surface area (Å²) in [6.07, 6.45) is 7.41. The molecular weight excluding hydrogens is 174 g/mol. The molecule has 1 aliphatic heterocycles. The highest BCUT2D eigenvalue weighted by Crippen LogP contribution is 2.39. The summed E-state index contributed by atoms with van der Waals surface area (Å²) < 4.78 is 6.13. The zero-order valence-electron chi connectivity index (χ0n) is 9.51. The Morgan fingerprint density at radius 1 is 1.21 bits per heavy atom. The Morgan fingerprint density at radius 2 is 2.07 bits per heavy atom. The first-order valence-electron chi connectivity index (χ1n) is 6.02. The van der Waals surface area contributed by atoms with Crippen LogP contribution in [0.1, 0.15) is 46.0 Å². The van der Waals surface area contributed by atoms with Crippen LogP contribution in [0.25, 0.3) is 0 Å². The maximum atomic E-state index is 6.13. The summed E-state index contributed by atoms with van der Waals surface area (Å²) >= 11 is 0. The molecule has 1 saturated carbocycles. The molecule has 0 aromatic heterocycles. The highest BCUT2D eigenvalue weighted by Gasteiger charge is 2.33. The number of nitrogens with one attached hydrogen (secondary N) is 1. The molecule has 2 fully saturated rings. The van der Waals surface area contributed by atoms with Crippen molar-refractivity contribution in [3.8, 4) is 0 Å². The highest BCUT2D eigenvalue weighted by molar-refractivity contribution is 4.84. The number of hydrogen-bond acceptors (Lipinski definition) is 2. The Kier molecular flexibility index (Phi) is 3.13. The van der Waals surface area contributed by atoms with E-state index in [1.54, 1.807) is 0 Å². The van der Waals surface area contributed by atoms with E-state index in [4.69, 9.17) is 4.74 Å².